The fourth-order valence-corrected chi connectivity index (χ4v) is 2.03. The van der Waals surface area contributed by atoms with Gasteiger partial charge in [0.15, 0.2) is 0 Å². The lowest BCUT2D eigenvalue weighted by Gasteiger charge is -2.00. The molecule has 0 heterocycles. The van der Waals surface area contributed by atoms with Gasteiger partial charge >= 0.3 is 0 Å². The summed E-state index contributed by atoms with van der Waals surface area (Å²) in [5.74, 6) is -0.824. The van der Waals surface area contributed by atoms with Gasteiger partial charge in [-0.25, -0.2) is 10.9 Å². The van der Waals surface area contributed by atoms with Gasteiger partial charge in [0.25, 0.3) is 11.8 Å². The summed E-state index contributed by atoms with van der Waals surface area (Å²) in [7, 11) is 0. The first-order chi connectivity index (χ1) is 11.6. The highest BCUT2D eigenvalue weighted by Gasteiger charge is 2.04. The summed E-state index contributed by atoms with van der Waals surface area (Å²) in [6.45, 7) is 0. The van der Waals surface area contributed by atoms with Crippen molar-refractivity contribution >= 4 is 47.4 Å². The second-order valence-corrected chi connectivity index (χ2v) is 5.33. The molecule has 8 heteroatoms. The molecule has 2 aromatic rings. The molecule has 2 N–H and O–H groups in total. The summed E-state index contributed by atoms with van der Waals surface area (Å²) < 4.78 is 0. The molecule has 24 heavy (non-hydrogen) atoms. The van der Waals surface area contributed by atoms with Gasteiger partial charge in [-0.2, -0.15) is 10.2 Å². The van der Waals surface area contributed by atoms with Crippen LogP contribution in [0.1, 0.15) is 20.7 Å². The van der Waals surface area contributed by atoms with Crippen LogP contribution in [0.25, 0.3) is 0 Å². The van der Waals surface area contributed by atoms with Crippen molar-refractivity contribution in [2.75, 3.05) is 0 Å². The number of hydrazone groups is 2. The van der Waals surface area contributed by atoms with Crippen molar-refractivity contribution in [3.8, 4) is 0 Å². The highest BCUT2D eigenvalue weighted by atomic mass is 35.5. The van der Waals surface area contributed by atoms with Gasteiger partial charge in [0.1, 0.15) is 0 Å². The predicted octanol–water partition coefficient (Wildman–Crippen LogP) is 3.12. The molecule has 0 atom stereocenters. The van der Waals surface area contributed by atoms with E-state index in [0.29, 0.717) is 21.2 Å². The van der Waals surface area contributed by atoms with E-state index in [1.54, 1.807) is 36.4 Å². The van der Waals surface area contributed by atoms with Crippen LogP contribution in [-0.2, 0) is 0 Å². The highest BCUT2D eigenvalue weighted by molar-refractivity contribution is 6.31. The van der Waals surface area contributed by atoms with Crippen LogP contribution in [-0.4, -0.2) is 24.2 Å². The fourth-order valence-electron chi connectivity index (χ4n) is 1.65. The van der Waals surface area contributed by atoms with Crippen molar-refractivity contribution in [2.45, 2.75) is 0 Å². The zero-order valence-electron chi connectivity index (χ0n) is 12.2. The monoisotopic (exact) mass is 362 g/mol. The topological polar surface area (TPSA) is 82.9 Å². The first kappa shape index (κ1) is 17.7. The Kier molecular flexibility index (Phi) is 6.48. The lowest BCUT2D eigenvalue weighted by Crippen LogP contribution is -2.19. The van der Waals surface area contributed by atoms with Crippen LogP contribution in [0.2, 0.25) is 10.0 Å². The van der Waals surface area contributed by atoms with Crippen molar-refractivity contribution in [2.24, 2.45) is 10.2 Å². The van der Waals surface area contributed by atoms with E-state index in [4.69, 9.17) is 23.2 Å². The fraction of sp³-hybridized carbons (Fsp3) is 0. The van der Waals surface area contributed by atoms with E-state index in [1.165, 1.54) is 24.6 Å². The number of carbonyl (C=O) groups is 2. The minimum atomic E-state index is -0.412. The summed E-state index contributed by atoms with van der Waals surface area (Å²) >= 11 is 11.6. The standard InChI is InChI=1S/C16H12Cl2N4O2/c17-13-5-1-3-11(9-13)15(23)21-19-7-8-20-22-16(24)12-4-2-6-14(18)10-12/h1-10H,(H,21,23)(H,22,24)/b19-7-,20-8-. The molecule has 2 amide bonds. The van der Waals surface area contributed by atoms with Crippen molar-refractivity contribution in [1.29, 1.82) is 0 Å². The van der Waals surface area contributed by atoms with Crippen LogP contribution in [0.3, 0.4) is 0 Å². The zero-order valence-corrected chi connectivity index (χ0v) is 13.8. The third-order valence-corrected chi connectivity index (χ3v) is 3.19. The number of nitrogens with one attached hydrogen (secondary N) is 2. The molecule has 0 aliphatic rings. The van der Waals surface area contributed by atoms with Gasteiger partial charge in [0, 0.05) is 21.2 Å². The van der Waals surface area contributed by atoms with Crippen LogP contribution >= 0.6 is 23.2 Å². The smallest absolute Gasteiger partial charge is 0.267 e. The van der Waals surface area contributed by atoms with E-state index in [2.05, 4.69) is 21.1 Å². The summed E-state index contributed by atoms with van der Waals surface area (Å²) in [6.07, 6.45) is 2.45. The number of amides is 2. The third kappa shape index (κ3) is 5.49. The van der Waals surface area contributed by atoms with Gasteiger partial charge in [0.2, 0.25) is 0 Å². The number of halogens is 2. The molecular weight excluding hydrogens is 351 g/mol. The minimum Gasteiger partial charge on any atom is -0.267 e. The van der Waals surface area contributed by atoms with Gasteiger partial charge in [-0.1, -0.05) is 35.3 Å². The first-order valence-corrected chi connectivity index (χ1v) is 7.48. The average molecular weight is 363 g/mol. The highest BCUT2D eigenvalue weighted by Crippen LogP contribution is 2.11. The van der Waals surface area contributed by atoms with Crippen LogP contribution in [0.15, 0.2) is 58.7 Å². The molecule has 0 saturated carbocycles. The maximum Gasteiger partial charge on any atom is 0.271 e. The molecule has 0 spiro atoms. The molecule has 0 unspecified atom stereocenters. The van der Waals surface area contributed by atoms with Crippen molar-refractivity contribution in [1.82, 2.24) is 10.9 Å². The number of benzene rings is 2. The first-order valence-electron chi connectivity index (χ1n) is 6.73. The molecule has 0 saturated heterocycles. The molecule has 2 rings (SSSR count). The quantitative estimate of drug-likeness (QED) is 0.632. The van der Waals surface area contributed by atoms with Crippen LogP contribution < -0.4 is 10.9 Å². The van der Waals surface area contributed by atoms with Crippen LogP contribution in [0.5, 0.6) is 0 Å². The number of rotatable bonds is 5. The predicted molar refractivity (Wildman–Crippen MR) is 94.8 cm³/mol. The molecule has 0 fully saturated rings. The molecule has 0 aliphatic heterocycles. The number of hydrogen-bond donors (Lipinski definition) is 2. The Morgan fingerprint density at radius 2 is 1.21 bits per heavy atom. The van der Waals surface area contributed by atoms with Crippen molar-refractivity contribution in [3.05, 3.63) is 69.7 Å². The van der Waals surface area contributed by atoms with E-state index in [1.807, 2.05) is 0 Å². The Morgan fingerprint density at radius 1 is 0.792 bits per heavy atom. The lowest BCUT2D eigenvalue weighted by atomic mass is 10.2. The van der Waals surface area contributed by atoms with Gasteiger partial charge in [-0.15, -0.1) is 0 Å². The Bertz CT molecular complexity index is 739. The molecule has 0 radical (unpaired) electrons. The van der Waals surface area contributed by atoms with Gasteiger partial charge in [-0.3, -0.25) is 9.59 Å². The SMILES string of the molecule is O=C(N/N=C\C=N/NC(=O)c1cccc(Cl)c1)c1cccc(Cl)c1. The second kappa shape index (κ2) is 8.81. The van der Waals surface area contributed by atoms with E-state index >= 15 is 0 Å². The van der Waals surface area contributed by atoms with Crippen molar-refractivity contribution in [3.63, 3.8) is 0 Å². The van der Waals surface area contributed by atoms with E-state index in [-0.39, 0.29) is 0 Å². The lowest BCUT2D eigenvalue weighted by molar-refractivity contribution is 0.0946. The van der Waals surface area contributed by atoms with Crippen LogP contribution in [0, 0.1) is 0 Å². The molecule has 0 bridgehead atoms. The largest absolute Gasteiger partial charge is 0.271 e. The van der Waals surface area contributed by atoms with Gasteiger partial charge in [0.05, 0.1) is 12.4 Å². The molecule has 122 valence electrons. The average Bonchev–Trinajstić information content (AvgIpc) is 2.57. The third-order valence-electron chi connectivity index (χ3n) is 2.72. The van der Waals surface area contributed by atoms with Crippen molar-refractivity contribution < 1.29 is 9.59 Å². The summed E-state index contributed by atoms with van der Waals surface area (Å²) in [5, 5.41) is 8.25. The van der Waals surface area contributed by atoms with Gasteiger partial charge in [-0.05, 0) is 36.4 Å². The Balaban J connectivity index is 1.80. The molecule has 0 aliphatic carbocycles. The van der Waals surface area contributed by atoms with Crippen LogP contribution in [0.4, 0.5) is 0 Å². The number of nitrogens with zero attached hydrogens (tertiary/aromatic N) is 2. The Labute approximate surface area is 148 Å². The molecule has 6 nitrogen and oxygen atoms in total. The van der Waals surface area contributed by atoms with Gasteiger partial charge < -0.3 is 0 Å². The molecule has 0 aromatic heterocycles. The maximum absolute atomic E-state index is 11.7. The molecular formula is C16H12Cl2N4O2. The second-order valence-electron chi connectivity index (χ2n) is 4.46. The van der Waals surface area contributed by atoms with E-state index in [0.717, 1.165) is 0 Å². The van der Waals surface area contributed by atoms with E-state index < -0.39 is 11.8 Å². The summed E-state index contributed by atoms with van der Waals surface area (Å²) in [6, 6.07) is 12.9. The minimum absolute atomic E-state index is 0.380. The zero-order chi connectivity index (χ0) is 17.4. The maximum atomic E-state index is 11.7. The Morgan fingerprint density at radius 3 is 1.58 bits per heavy atom. The Hall–Kier alpha value is -2.70. The summed E-state index contributed by atoms with van der Waals surface area (Å²) in [4.78, 5) is 23.5. The van der Waals surface area contributed by atoms with E-state index in [9.17, 15) is 9.59 Å². The summed E-state index contributed by atoms with van der Waals surface area (Å²) in [5.41, 5.74) is 5.37. The molecule has 2 aromatic carbocycles. The number of carbonyl (C=O) groups excluding carboxylic acids is 2. The normalized spacial score (nSPS) is 10.9. The number of hydrogen-bond acceptors (Lipinski definition) is 4.